The lowest BCUT2D eigenvalue weighted by molar-refractivity contribution is 0.203. The SMILES string of the molecule is COc1cc2c(NC3CCCCCC3CO)ncnc2cc1F. The molecule has 1 aliphatic rings. The van der Waals surface area contributed by atoms with Gasteiger partial charge in [-0.2, -0.15) is 0 Å². The third-order valence-corrected chi connectivity index (χ3v) is 4.62. The molecule has 2 aromatic rings. The maximum Gasteiger partial charge on any atom is 0.167 e. The highest BCUT2D eigenvalue weighted by Crippen LogP contribution is 2.30. The van der Waals surface area contributed by atoms with E-state index in [2.05, 4.69) is 15.3 Å². The molecule has 0 amide bonds. The van der Waals surface area contributed by atoms with E-state index in [-0.39, 0.29) is 24.3 Å². The first-order valence-corrected chi connectivity index (χ1v) is 8.08. The number of benzene rings is 1. The number of nitrogens with zero attached hydrogens (tertiary/aromatic N) is 2. The maximum absolute atomic E-state index is 13.8. The zero-order chi connectivity index (χ0) is 16.2. The second-order valence-corrected chi connectivity index (χ2v) is 6.06. The second kappa shape index (κ2) is 7.08. The highest BCUT2D eigenvalue weighted by Gasteiger charge is 2.24. The highest BCUT2D eigenvalue weighted by molar-refractivity contribution is 5.90. The molecule has 2 atom stereocenters. The van der Waals surface area contributed by atoms with Gasteiger partial charge < -0.3 is 15.2 Å². The first-order chi connectivity index (χ1) is 11.2. The Bertz CT molecular complexity index is 680. The standard InChI is InChI=1S/C17H22FN3O2/c1-23-16-7-12-15(8-13(16)18)19-10-20-17(12)21-14-6-4-2-3-5-11(14)9-22/h7-8,10-11,14,22H,2-6,9H2,1H3,(H,19,20,21). The van der Waals surface area contributed by atoms with Gasteiger partial charge in [-0.3, -0.25) is 0 Å². The minimum absolute atomic E-state index is 0.164. The van der Waals surface area contributed by atoms with Crippen molar-refractivity contribution >= 4 is 16.7 Å². The first kappa shape index (κ1) is 15.9. The third-order valence-electron chi connectivity index (χ3n) is 4.62. The van der Waals surface area contributed by atoms with Crippen molar-refractivity contribution in [3.05, 3.63) is 24.3 Å². The minimum atomic E-state index is -0.438. The van der Waals surface area contributed by atoms with Crippen LogP contribution in [0.25, 0.3) is 10.9 Å². The molecule has 2 unspecified atom stereocenters. The number of aliphatic hydroxyl groups is 1. The van der Waals surface area contributed by atoms with E-state index in [9.17, 15) is 9.50 Å². The number of nitrogens with one attached hydrogen (secondary N) is 1. The van der Waals surface area contributed by atoms with E-state index in [1.807, 2.05) is 0 Å². The van der Waals surface area contributed by atoms with Gasteiger partial charge in [0.15, 0.2) is 11.6 Å². The van der Waals surface area contributed by atoms with Crippen molar-refractivity contribution < 1.29 is 14.2 Å². The molecule has 2 N–H and O–H groups in total. The highest BCUT2D eigenvalue weighted by atomic mass is 19.1. The Morgan fingerprint density at radius 2 is 2.09 bits per heavy atom. The summed E-state index contributed by atoms with van der Waals surface area (Å²) in [6, 6.07) is 3.15. The van der Waals surface area contributed by atoms with Crippen LogP contribution in [0.1, 0.15) is 32.1 Å². The Labute approximate surface area is 134 Å². The van der Waals surface area contributed by atoms with Crippen molar-refractivity contribution in [2.75, 3.05) is 19.0 Å². The summed E-state index contributed by atoms with van der Waals surface area (Å²) in [4.78, 5) is 8.46. The summed E-state index contributed by atoms with van der Waals surface area (Å²) in [7, 11) is 1.44. The number of ether oxygens (including phenoxy) is 1. The zero-order valence-corrected chi connectivity index (χ0v) is 13.3. The van der Waals surface area contributed by atoms with Gasteiger partial charge in [-0.1, -0.05) is 19.3 Å². The van der Waals surface area contributed by atoms with Crippen LogP contribution < -0.4 is 10.1 Å². The Morgan fingerprint density at radius 3 is 2.87 bits per heavy atom. The molecule has 0 saturated heterocycles. The van der Waals surface area contributed by atoms with Crippen molar-refractivity contribution in [3.8, 4) is 5.75 Å². The van der Waals surface area contributed by atoms with E-state index in [1.54, 1.807) is 6.07 Å². The molecule has 0 bridgehead atoms. The molecular formula is C17H22FN3O2. The first-order valence-electron chi connectivity index (χ1n) is 8.08. The largest absolute Gasteiger partial charge is 0.494 e. The lowest BCUT2D eigenvalue weighted by Crippen LogP contribution is -2.31. The quantitative estimate of drug-likeness (QED) is 0.848. The average molecular weight is 319 g/mol. The summed E-state index contributed by atoms with van der Waals surface area (Å²) in [5.41, 5.74) is 0.537. The third kappa shape index (κ3) is 3.37. The zero-order valence-electron chi connectivity index (χ0n) is 13.3. The molecule has 0 radical (unpaired) electrons. The number of fused-ring (bicyclic) bond motifs is 1. The van der Waals surface area contributed by atoms with E-state index < -0.39 is 5.82 Å². The van der Waals surface area contributed by atoms with Gasteiger partial charge in [-0.05, 0) is 18.9 Å². The summed E-state index contributed by atoms with van der Waals surface area (Å²) < 4.78 is 18.9. The Hall–Kier alpha value is -1.95. The van der Waals surface area contributed by atoms with Crippen LogP contribution in [-0.4, -0.2) is 34.8 Å². The molecule has 124 valence electrons. The number of anilines is 1. The van der Waals surface area contributed by atoms with Crippen LogP contribution in [-0.2, 0) is 0 Å². The van der Waals surface area contributed by atoms with Crippen molar-refractivity contribution in [2.24, 2.45) is 5.92 Å². The van der Waals surface area contributed by atoms with Crippen molar-refractivity contribution in [2.45, 2.75) is 38.1 Å². The molecule has 1 fully saturated rings. The van der Waals surface area contributed by atoms with Crippen LogP contribution in [0.4, 0.5) is 10.2 Å². The number of hydrogen-bond acceptors (Lipinski definition) is 5. The van der Waals surface area contributed by atoms with Gasteiger partial charge in [0.2, 0.25) is 0 Å². The smallest absolute Gasteiger partial charge is 0.167 e. The molecule has 3 rings (SSSR count). The molecule has 0 aliphatic heterocycles. The van der Waals surface area contributed by atoms with Gasteiger partial charge in [-0.15, -0.1) is 0 Å². The van der Waals surface area contributed by atoms with E-state index in [0.717, 1.165) is 31.1 Å². The van der Waals surface area contributed by atoms with Crippen molar-refractivity contribution in [3.63, 3.8) is 0 Å². The molecule has 0 spiro atoms. The van der Waals surface area contributed by atoms with Gasteiger partial charge in [0.05, 0.1) is 12.6 Å². The topological polar surface area (TPSA) is 67.3 Å². The lowest BCUT2D eigenvalue weighted by Gasteiger charge is -2.25. The van der Waals surface area contributed by atoms with Crippen LogP contribution in [0, 0.1) is 11.7 Å². The number of aliphatic hydroxyl groups excluding tert-OH is 1. The van der Waals surface area contributed by atoms with Crippen LogP contribution in [0.15, 0.2) is 18.5 Å². The van der Waals surface area contributed by atoms with Gasteiger partial charge >= 0.3 is 0 Å². The Morgan fingerprint density at radius 1 is 1.26 bits per heavy atom. The number of hydrogen-bond donors (Lipinski definition) is 2. The molecule has 1 aliphatic carbocycles. The molecule has 1 aromatic heterocycles. The Kier molecular flexibility index (Phi) is 4.91. The van der Waals surface area contributed by atoms with E-state index in [4.69, 9.17) is 4.74 Å². The minimum Gasteiger partial charge on any atom is -0.494 e. The predicted octanol–water partition coefficient (Wildman–Crippen LogP) is 3.13. The molecule has 23 heavy (non-hydrogen) atoms. The summed E-state index contributed by atoms with van der Waals surface area (Å²) in [5, 5.41) is 13.8. The number of rotatable bonds is 4. The van der Waals surface area contributed by atoms with Crippen LogP contribution in [0.5, 0.6) is 5.75 Å². The van der Waals surface area contributed by atoms with E-state index in [0.29, 0.717) is 11.3 Å². The fraction of sp³-hybridized carbons (Fsp3) is 0.529. The van der Waals surface area contributed by atoms with Gasteiger partial charge in [0.25, 0.3) is 0 Å². The van der Waals surface area contributed by atoms with Crippen LogP contribution in [0.3, 0.4) is 0 Å². The van der Waals surface area contributed by atoms with Gasteiger partial charge in [0, 0.05) is 30.0 Å². The molecule has 1 heterocycles. The van der Waals surface area contributed by atoms with Gasteiger partial charge in [0.1, 0.15) is 12.1 Å². The molecule has 6 heteroatoms. The van der Waals surface area contributed by atoms with Crippen molar-refractivity contribution in [1.82, 2.24) is 9.97 Å². The fourth-order valence-electron chi connectivity index (χ4n) is 3.30. The van der Waals surface area contributed by atoms with Crippen LogP contribution >= 0.6 is 0 Å². The van der Waals surface area contributed by atoms with Crippen LogP contribution in [0.2, 0.25) is 0 Å². The predicted molar refractivity (Wildman–Crippen MR) is 87.1 cm³/mol. The normalized spacial score (nSPS) is 21.9. The monoisotopic (exact) mass is 319 g/mol. The average Bonchev–Trinajstić information content (AvgIpc) is 2.79. The summed E-state index contributed by atoms with van der Waals surface area (Å²) in [6.07, 6.45) is 6.91. The summed E-state index contributed by atoms with van der Waals surface area (Å²) >= 11 is 0. The van der Waals surface area contributed by atoms with E-state index in [1.165, 1.54) is 25.9 Å². The van der Waals surface area contributed by atoms with Crippen molar-refractivity contribution in [1.29, 1.82) is 0 Å². The maximum atomic E-state index is 13.8. The molecular weight excluding hydrogens is 297 g/mol. The molecule has 1 aromatic carbocycles. The molecule has 5 nitrogen and oxygen atoms in total. The fourth-order valence-corrected chi connectivity index (χ4v) is 3.30. The number of methoxy groups -OCH3 is 1. The number of halogens is 1. The summed E-state index contributed by atoms with van der Waals surface area (Å²) in [5.74, 6) is 0.616. The number of aromatic nitrogens is 2. The molecule has 1 saturated carbocycles. The summed E-state index contributed by atoms with van der Waals surface area (Å²) in [6.45, 7) is 0.165. The lowest BCUT2D eigenvalue weighted by atomic mass is 9.95. The van der Waals surface area contributed by atoms with Gasteiger partial charge in [-0.25, -0.2) is 14.4 Å². The Balaban J connectivity index is 1.95. The second-order valence-electron chi connectivity index (χ2n) is 6.06. The van der Waals surface area contributed by atoms with E-state index >= 15 is 0 Å².